The van der Waals surface area contributed by atoms with Gasteiger partial charge in [-0.2, -0.15) is 0 Å². The molecule has 1 aliphatic carbocycles. The van der Waals surface area contributed by atoms with Crippen LogP contribution in [0.5, 0.6) is 0 Å². The molecule has 62 valence electrons. The Bertz CT molecular complexity index is 175. The second-order valence-corrected chi connectivity index (χ2v) is 4.25. The first-order chi connectivity index (χ1) is 5.31. The van der Waals surface area contributed by atoms with Crippen LogP contribution in [0.4, 0.5) is 0 Å². The second-order valence-electron chi connectivity index (χ2n) is 4.25. The minimum absolute atomic E-state index is 0.714. The van der Waals surface area contributed by atoms with Crippen LogP contribution in [-0.4, -0.2) is 12.3 Å². The number of aliphatic imine (C=N–C) groups is 1. The highest BCUT2D eigenvalue weighted by Gasteiger charge is 2.35. The van der Waals surface area contributed by atoms with Gasteiger partial charge in [-0.25, -0.2) is 0 Å². The maximum atomic E-state index is 4.47. The van der Waals surface area contributed by atoms with E-state index in [9.17, 15) is 0 Å². The van der Waals surface area contributed by atoms with Crippen LogP contribution in [0.3, 0.4) is 0 Å². The molecule has 1 spiro atoms. The number of nitrogens with zero attached hydrogens (tertiary/aromatic N) is 1. The molecule has 0 aromatic heterocycles. The van der Waals surface area contributed by atoms with Crippen molar-refractivity contribution in [1.82, 2.24) is 0 Å². The molecular weight excluding hydrogens is 134 g/mol. The molecule has 0 amide bonds. The van der Waals surface area contributed by atoms with Gasteiger partial charge >= 0.3 is 0 Å². The summed E-state index contributed by atoms with van der Waals surface area (Å²) in [5.41, 5.74) is 2.12. The molecule has 0 N–H and O–H groups in total. The van der Waals surface area contributed by atoms with Gasteiger partial charge in [-0.1, -0.05) is 12.8 Å². The normalized spacial score (nSPS) is 29.0. The molecule has 1 heteroatoms. The van der Waals surface area contributed by atoms with Gasteiger partial charge in [-0.15, -0.1) is 0 Å². The Hall–Kier alpha value is -0.330. The van der Waals surface area contributed by atoms with Crippen molar-refractivity contribution in [3.63, 3.8) is 0 Å². The highest BCUT2D eigenvalue weighted by molar-refractivity contribution is 5.83. The SMILES string of the molecule is CC1=NCCC2(CCCC2)C1. The standard InChI is InChI=1S/C10H17N/c1-9-8-10(6-7-11-9)4-2-3-5-10/h2-8H2,1H3. The molecule has 0 atom stereocenters. The van der Waals surface area contributed by atoms with Gasteiger partial charge in [0, 0.05) is 12.3 Å². The summed E-state index contributed by atoms with van der Waals surface area (Å²) in [6, 6.07) is 0. The van der Waals surface area contributed by atoms with Crippen LogP contribution in [0, 0.1) is 5.41 Å². The van der Waals surface area contributed by atoms with E-state index in [4.69, 9.17) is 0 Å². The predicted molar refractivity (Wildman–Crippen MR) is 48.1 cm³/mol. The summed E-state index contributed by atoms with van der Waals surface area (Å²) in [6.07, 6.45) is 8.54. The van der Waals surface area contributed by atoms with Crippen LogP contribution in [0.15, 0.2) is 4.99 Å². The maximum absolute atomic E-state index is 4.47. The molecule has 0 unspecified atom stereocenters. The summed E-state index contributed by atoms with van der Waals surface area (Å²) in [5, 5.41) is 0. The van der Waals surface area contributed by atoms with E-state index in [2.05, 4.69) is 11.9 Å². The second kappa shape index (κ2) is 2.62. The summed E-state index contributed by atoms with van der Waals surface area (Å²) < 4.78 is 0. The molecule has 0 radical (unpaired) electrons. The lowest BCUT2D eigenvalue weighted by molar-refractivity contribution is 0.279. The maximum Gasteiger partial charge on any atom is 0.0393 e. The van der Waals surface area contributed by atoms with E-state index in [1.807, 2.05) is 0 Å². The first-order valence-corrected chi connectivity index (χ1v) is 4.81. The van der Waals surface area contributed by atoms with Crippen LogP contribution in [0.2, 0.25) is 0 Å². The van der Waals surface area contributed by atoms with Gasteiger partial charge in [0.2, 0.25) is 0 Å². The lowest BCUT2D eigenvalue weighted by Gasteiger charge is -2.31. The summed E-state index contributed by atoms with van der Waals surface area (Å²) >= 11 is 0. The first kappa shape index (κ1) is 7.33. The van der Waals surface area contributed by atoms with Crippen LogP contribution in [0.1, 0.15) is 45.4 Å². The fourth-order valence-corrected chi connectivity index (χ4v) is 2.72. The zero-order chi connectivity index (χ0) is 7.73. The van der Waals surface area contributed by atoms with Gasteiger partial charge < -0.3 is 0 Å². The van der Waals surface area contributed by atoms with Gasteiger partial charge in [-0.3, -0.25) is 4.99 Å². The zero-order valence-corrected chi connectivity index (χ0v) is 7.40. The fourth-order valence-electron chi connectivity index (χ4n) is 2.72. The van der Waals surface area contributed by atoms with Crippen molar-refractivity contribution in [2.24, 2.45) is 10.4 Å². The molecule has 1 heterocycles. The quantitative estimate of drug-likeness (QED) is 0.505. The molecule has 0 bridgehead atoms. The molecule has 0 saturated heterocycles. The van der Waals surface area contributed by atoms with Crippen molar-refractivity contribution in [1.29, 1.82) is 0 Å². The molecule has 1 nitrogen and oxygen atoms in total. The molecule has 1 fully saturated rings. The van der Waals surface area contributed by atoms with E-state index in [0.29, 0.717) is 5.41 Å². The van der Waals surface area contributed by atoms with Crippen LogP contribution in [0.25, 0.3) is 0 Å². The third-order valence-electron chi connectivity index (χ3n) is 3.32. The first-order valence-electron chi connectivity index (χ1n) is 4.81. The number of hydrogen-bond donors (Lipinski definition) is 0. The highest BCUT2D eigenvalue weighted by Crippen LogP contribution is 2.45. The summed E-state index contributed by atoms with van der Waals surface area (Å²) in [4.78, 5) is 4.47. The van der Waals surface area contributed by atoms with Crippen molar-refractivity contribution in [2.75, 3.05) is 6.54 Å². The summed E-state index contributed by atoms with van der Waals surface area (Å²) in [6.45, 7) is 3.30. The molecule has 11 heavy (non-hydrogen) atoms. The Labute approximate surface area is 68.9 Å². The predicted octanol–water partition coefficient (Wildman–Crippen LogP) is 2.80. The van der Waals surface area contributed by atoms with E-state index in [1.54, 1.807) is 0 Å². The van der Waals surface area contributed by atoms with Crippen LogP contribution in [-0.2, 0) is 0 Å². The monoisotopic (exact) mass is 151 g/mol. The van der Waals surface area contributed by atoms with Crippen molar-refractivity contribution in [2.45, 2.75) is 45.4 Å². The largest absolute Gasteiger partial charge is 0.294 e. The molecule has 1 saturated carbocycles. The highest BCUT2D eigenvalue weighted by atomic mass is 14.8. The Morgan fingerprint density at radius 3 is 2.55 bits per heavy atom. The molecule has 0 aromatic rings. The van der Waals surface area contributed by atoms with E-state index in [-0.39, 0.29) is 0 Å². The summed E-state index contributed by atoms with van der Waals surface area (Å²) in [5.74, 6) is 0. The lowest BCUT2D eigenvalue weighted by Crippen LogP contribution is -2.25. The van der Waals surface area contributed by atoms with Crippen molar-refractivity contribution < 1.29 is 0 Å². The minimum Gasteiger partial charge on any atom is -0.294 e. The van der Waals surface area contributed by atoms with E-state index in [0.717, 1.165) is 6.54 Å². The topological polar surface area (TPSA) is 12.4 Å². The molecule has 2 aliphatic rings. The average molecular weight is 151 g/mol. The molecule has 1 aliphatic heterocycles. The number of hydrogen-bond acceptors (Lipinski definition) is 1. The van der Waals surface area contributed by atoms with Crippen molar-refractivity contribution >= 4 is 5.71 Å². The van der Waals surface area contributed by atoms with Gasteiger partial charge in [0.05, 0.1) is 0 Å². The third-order valence-corrected chi connectivity index (χ3v) is 3.32. The zero-order valence-electron chi connectivity index (χ0n) is 7.40. The van der Waals surface area contributed by atoms with Gasteiger partial charge in [0.25, 0.3) is 0 Å². The van der Waals surface area contributed by atoms with Gasteiger partial charge in [0.1, 0.15) is 0 Å². The number of rotatable bonds is 0. The molecule has 0 aromatic carbocycles. The smallest absolute Gasteiger partial charge is 0.0393 e. The Morgan fingerprint density at radius 2 is 1.91 bits per heavy atom. The van der Waals surface area contributed by atoms with Crippen LogP contribution < -0.4 is 0 Å². The van der Waals surface area contributed by atoms with E-state index < -0.39 is 0 Å². The Morgan fingerprint density at radius 1 is 1.18 bits per heavy atom. The van der Waals surface area contributed by atoms with Crippen LogP contribution >= 0.6 is 0 Å². The molecular formula is C10H17N. The van der Waals surface area contributed by atoms with Gasteiger partial charge in [0.15, 0.2) is 0 Å². The lowest BCUT2D eigenvalue weighted by atomic mass is 9.77. The van der Waals surface area contributed by atoms with E-state index in [1.165, 1.54) is 44.2 Å². The van der Waals surface area contributed by atoms with Crippen molar-refractivity contribution in [3.8, 4) is 0 Å². The fraction of sp³-hybridized carbons (Fsp3) is 0.900. The molecule has 2 rings (SSSR count). The Kier molecular flexibility index (Phi) is 1.74. The van der Waals surface area contributed by atoms with Gasteiger partial charge in [-0.05, 0) is 38.0 Å². The Balaban J connectivity index is 2.09. The van der Waals surface area contributed by atoms with E-state index >= 15 is 0 Å². The third kappa shape index (κ3) is 1.33. The average Bonchev–Trinajstić information content (AvgIpc) is 2.37. The van der Waals surface area contributed by atoms with Crippen molar-refractivity contribution in [3.05, 3.63) is 0 Å². The minimum atomic E-state index is 0.714. The summed E-state index contributed by atoms with van der Waals surface area (Å²) in [7, 11) is 0.